The summed E-state index contributed by atoms with van der Waals surface area (Å²) in [5.74, 6) is 0. The Bertz CT molecular complexity index is 695. The molecule has 0 aromatic carbocycles. The highest BCUT2D eigenvalue weighted by atomic mass is 32.2. The van der Waals surface area contributed by atoms with Crippen LogP contribution in [-0.4, -0.2) is 47.2 Å². The van der Waals surface area contributed by atoms with Crippen LogP contribution in [0.2, 0.25) is 0 Å². The molecular formula is C12H17N5O2S2. The Morgan fingerprint density at radius 3 is 3.10 bits per heavy atom. The summed E-state index contributed by atoms with van der Waals surface area (Å²) in [6.07, 6.45) is 6.58. The molecule has 0 unspecified atom stereocenters. The second-order valence-corrected chi connectivity index (χ2v) is 7.97. The molecule has 0 saturated carbocycles. The molecule has 0 aliphatic carbocycles. The third-order valence-electron chi connectivity index (χ3n) is 3.42. The Kier molecular flexibility index (Phi) is 4.07. The van der Waals surface area contributed by atoms with E-state index in [0.29, 0.717) is 6.54 Å². The first-order chi connectivity index (χ1) is 10.0. The topological polar surface area (TPSA) is 80.1 Å². The van der Waals surface area contributed by atoms with Crippen LogP contribution in [0, 0.1) is 0 Å². The molecule has 0 fully saturated rings. The van der Waals surface area contributed by atoms with E-state index in [1.54, 1.807) is 23.9 Å². The van der Waals surface area contributed by atoms with Gasteiger partial charge in [-0.2, -0.15) is 0 Å². The molecule has 7 nitrogen and oxygen atoms in total. The Hall–Kier alpha value is -1.29. The second-order valence-electron chi connectivity index (χ2n) is 5.16. The summed E-state index contributed by atoms with van der Waals surface area (Å²) in [5.41, 5.74) is 1.10. The second kappa shape index (κ2) is 5.84. The molecular weight excluding hydrogens is 310 g/mol. The van der Waals surface area contributed by atoms with Crippen molar-refractivity contribution in [1.82, 2.24) is 24.2 Å². The first-order valence-corrected chi connectivity index (χ1v) is 9.34. The number of aromatic nitrogens is 3. The zero-order valence-corrected chi connectivity index (χ0v) is 13.3. The molecule has 9 heteroatoms. The fourth-order valence-corrected chi connectivity index (χ4v) is 3.67. The van der Waals surface area contributed by atoms with Crippen molar-refractivity contribution in [3.63, 3.8) is 0 Å². The van der Waals surface area contributed by atoms with Gasteiger partial charge in [0.1, 0.15) is 5.01 Å². The molecule has 1 N–H and O–H groups in total. The SMILES string of the molecule is CS(=O)(=O)NC[C@H]1CN(Cc2nccs2)Cc2cncn21. The highest BCUT2D eigenvalue weighted by molar-refractivity contribution is 7.88. The van der Waals surface area contributed by atoms with Crippen molar-refractivity contribution in [2.24, 2.45) is 0 Å². The van der Waals surface area contributed by atoms with Gasteiger partial charge in [0.05, 0.1) is 30.9 Å². The highest BCUT2D eigenvalue weighted by Crippen LogP contribution is 2.22. The monoisotopic (exact) mass is 327 g/mol. The van der Waals surface area contributed by atoms with E-state index >= 15 is 0 Å². The minimum absolute atomic E-state index is 0.0472. The number of nitrogens with one attached hydrogen (secondary N) is 1. The lowest BCUT2D eigenvalue weighted by atomic mass is 10.2. The van der Waals surface area contributed by atoms with Gasteiger partial charge in [0, 0.05) is 37.4 Å². The lowest BCUT2D eigenvalue weighted by Gasteiger charge is -2.34. The summed E-state index contributed by atoms with van der Waals surface area (Å²) in [5, 5.41) is 3.03. The van der Waals surface area contributed by atoms with Crippen LogP contribution in [0.25, 0.3) is 0 Å². The van der Waals surface area contributed by atoms with Crippen LogP contribution in [0.1, 0.15) is 16.7 Å². The van der Waals surface area contributed by atoms with E-state index in [9.17, 15) is 8.42 Å². The van der Waals surface area contributed by atoms with E-state index < -0.39 is 10.0 Å². The van der Waals surface area contributed by atoms with E-state index in [1.807, 2.05) is 11.6 Å². The van der Waals surface area contributed by atoms with Crippen molar-refractivity contribution in [3.05, 3.63) is 34.8 Å². The highest BCUT2D eigenvalue weighted by Gasteiger charge is 2.25. The molecule has 1 atom stereocenters. The lowest BCUT2D eigenvalue weighted by molar-refractivity contribution is 0.177. The Balaban J connectivity index is 1.73. The van der Waals surface area contributed by atoms with Gasteiger partial charge in [0.25, 0.3) is 0 Å². The van der Waals surface area contributed by atoms with E-state index in [4.69, 9.17) is 0 Å². The van der Waals surface area contributed by atoms with Crippen LogP contribution in [0.5, 0.6) is 0 Å². The van der Waals surface area contributed by atoms with Gasteiger partial charge in [-0.15, -0.1) is 11.3 Å². The lowest BCUT2D eigenvalue weighted by Crippen LogP contribution is -2.41. The third-order valence-corrected chi connectivity index (χ3v) is 4.87. The quantitative estimate of drug-likeness (QED) is 0.862. The molecule has 0 radical (unpaired) electrons. The van der Waals surface area contributed by atoms with Crippen LogP contribution in [0.3, 0.4) is 0 Å². The minimum atomic E-state index is -3.19. The average molecular weight is 327 g/mol. The maximum Gasteiger partial charge on any atom is 0.208 e. The Labute approximate surface area is 127 Å². The summed E-state index contributed by atoms with van der Waals surface area (Å²) in [7, 11) is -3.19. The average Bonchev–Trinajstić information content (AvgIpc) is 3.05. The molecule has 2 aromatic rings. The van der Waals surface area contributed by atoms with E-state index in [2.05, 4.69) is 24.2 Å². The maximum absolute atomic E-state index is 11.3. The third kappa shape index (κ3) is 3.67. The summed E-state index contributed by atoms with van der Waals surface area (Å²) < 4.78 is 27.2. The largest absolute Gasteiger partial charge is 0.328 e. The zero-order valence-electron chi connectivity index (χ0n) is 11.6. The number of nitrogens with zero attached hydrogens (tertiary/aromatic N) is 4. The number of hydrogen-bond donors (Lipinski definition) is 1. The summed E-state index contributed by atoms with van der Waals surface area (Å²) in [6, 6.07) is 0.0472. The predicted molar refractivity (Wildman–Crippen MR) is 80.3 cm³/mol. The number of imidazole rings is 1. The minimum Gasteiger partial charge on any atom is -0.328 e. The first-order valence-electron chi connectivity index (χ1n) is 6.57. The van der Waals surface area contributed by atoms with Crippen LogP contribution in [-0.2, 0) is 23.1 Å². The molecule has 114 valence electrons. The van der Waals surface area contributed by atoms with Gasteiger partial charge in [-0.3, -0.25) is 4.90 Å². The van der Waals surface area contributed by atoms with E-state index in [0.717, 1.165) is 30.3 Å². The fraction of sp³-hybridized carbons (Fsp3) is 0.500. The number of rotatable bonds is 5. The van der Waals surface area contributed by atoms with Crippen molar-refractivity contribution in [3.8, 4) is 0 Å². The van der Waals surface area contributed by atoms with Gasteiger partial charge in [0.2, 0.25) is 10.0 Å². The number of sulfonamides is 1. The van der Waals surface area contributed by atoms with Crippen LogP contribution in [0.4, 0.5) is 0 Å². The van der Waals surface area contributed by atoms with Crippen molar-refractivity contribution in [1.29, 1.82) is 0 Å². The van der Waals surface area contributed by atoms with Crippen LogP contribution >= 0.6 is 11.3 Å². The molecule has 3 rings (SSSR count). The van der Waals surface area contributed by atoms with Crippen molar-refractivity contribution < 1.29 is 8.42 Å². The molecule has 0 saturated heterocycles. The molecule has 0 amide bonds. The normalized spacial score (nSPS) is 19.6. The smallest absolute Gasteiger partial charge is 0.208 e. The van der Waals surface area contributed by atoms with Crippen LogP contribution < -0.4 is 4.72 Å². The summed E-state index contributed by atoms with van der Waals surface area (Å²) >= 11 is 1.63. The van der Waals surface area contributed by atoms with Gasteiger partial charge < -0.3 is 4.57 Å². The molecule has 1 aliphatic heterocycles. The predicted octanol–water partition coefficient (Wildman–Crippen LogP) is 0.446. The zero-order chi connectivity index (χ0) is 14.9. The fourth-order valence-electron chi connectivity index (χ4n) is 2.52. The van der Waals surface area contributed by atoms with Gasteiger partial charge in [-0.25, -0.2) is 23.1 Å². The Morgan fingerprint density at radius 2 is 2.38 bits per heavy atom. The molecule has 3 heterocycles. The number of thiazole rings is 1. The number of fused-ring (bicyclic) bond motifs is 1. The first kappa shape index (κ1) is 14.6. The van der Waals surface area contributed by atoms with Crippen molar-refractivity contribution >= 4 is 21.4 Å². The summed E-state index contributed by atoms with van der Waals surface area (Å²) in [4.78, 5) is 10.8. The van der Waals surface area contributed by atoms with Gasteiger partial charge in [-0.05, 0) is 0 Å². The maximum atomic E-state index is 11.3. The van der Waals surface area contributed by atoms with Crippen molar-refractivity contribution in [2.75, 3.05) is 19.3 Å². The summed E-state index contributed by atoms with van der Waals surface area (Å²) in [6.45, 7) is 2.72. The molecule has 0 bridgehead atoms. The molecule has 2 aromatic heterocycles. The molecule has 21 heavy (non-hydrogen) atoms. The van der Waals surface area contributed by atoms with Gasteiger partial charge in [-0.1, -0.05) is 0 Å². The van der Waals surface area contributed by atoms with Crippen LogP contribution in [0.15, 0.2) is 24.1 Å². The van der Waals surface area contributed by atoms with E-state index in [1.165, 1.54) is 6.26 Å². The van der Waals surface area contributed by atoms with Gasteiger partial charge >= 0.3 is 0 Å². The Morgan fingerprint density at radius 1 is 1.52 bits per heavy atom. The van der Waals surface area contributed by atoms with Crippen molar-refractivity contribution in [2.45, 2.75) is 19.1 Å². The molecule has 1 aliphatic rings. The van der Waals surface area contributed by atoms with Gasteiger partial charge in [0.15, 0.2) is 0 Å². The standard InChI is InChI=1S/C12H17N5O2S2/c1-21(18,19)15-5-11-7-16(8-12-14-2-3-20-12)6-10-4-13-9-17(10)11/h2-4,9,11,15H,5-8H2,1H3/t11-/m0/s1. The van der Waals surface area contributed by atoms with E-state index in [-0.39, 0.29) is 6.04 Å². The number of hydrogen-bond acceptors (Lipinski definition) is 6. The molecule has 0 spiro atoms.